The van der Waals surface area contributed by atoms with Gasteiger partial charge in [0.05, 0.1) is 6.04 Å². The Morgan fingerprint density at radius 1 is 1.23 bits per heavy atom. The monoisotopic (exact) mass is 293 g/mol. The van der Waals surface area contributed by atoms with E-state index in [0.717, 1.165) is 22.2 Å². The van der Waals surface area contributed by atoms with Crippen LogP contribution in [0.5, 0.6) is 0 Å². The molecule has 1 aromatic carbocycles. The number of pyridine rings is 1. The Balaban J connectivity index is 1.75. The number of fused-ring (bicyclic) bond motifs is 1. The number of carbonyl (C=O) groups excluding carboxylic acids is 1. The minimum atomic E-state index is -0.0300. The molecule has 0 fully saturated rings. The van der Waals surface area contributed by atoms with Crippen LogP contribution in [0, 0.1) is 6.92 Å². The van der Waals surface area contributed by atoms with E-state index in [4.69, 9.17) is 0 Å². The highest BCUT2D eigenvalue weighted by molar-refractivity contribution is 5.84. The number of rotatable bonds is 4. The van der Waals surface area contributed by atoms with Gasteiger partial charge < -0.3 is 9.88 Å². The van der Waals surface area contributed by atoms with Crippen LogP contribution in [0.25, 0.3) is 10.9 Å². The first-order chi connectivity index (χ1) is 10.6. The Morgan fingerprint density at radius 2 is 1.95 bits per heavy atom. The molecule has 2 aromatic heterocycles. The van der Waals surface area contributed by atoms with E-state index in [2.05, 4.69) is 22.4 Å². The predicted octanol–water partition coefficient (Wildman–Crippen LogP) is 3.22. The second kappa shape index (κ2) is 6.02. The van der Waals surface area contributed by atoms with E-state index in [0.29, 0.717) is 6.54 Å². The molecule has 2 heterocycles. The summed E-state index contributed by atoms with van der Waals surface area (Å²) in [6.45, 7) is 4.34. The first-order valence-corrected chi connectivity index (χ1v) is 7.39. The van der Waals surface area contributed by atoms with E-state index in [9.17, 15) is 4.79 Å². The van der Waals surface area contributed by atoms with Crippen molar-refractivity contribution in [2.45, 2.75) is 26.4 Å². The van der Waals surface area contributed by atoms with E-state index < -0.39 is 0 Å². The molecule has 0 bridgehead atoms. The number of para-hydroxylation sites is 1. The summed E-state index contributed by atoms with van der Waals surface area (Å²) in [5, 5.41) is 4.20. The number of benzene rings is 1. The molecule has 0 aliphatic rings. The minimum absolute atomic E-state index is 0.00812. The molecule has 1 amide bonds. The van der Waals surface area contributed by atoms with Crippen LogP contribution >= 0.6 is 0 Å². The van der Waals surface area contributed by atoms with E-state index in [-0.39, 0.29) is 11.9 Å². The minimum Gasteiger partial charge on any atom is -0.348 e. The topological polar surface area (TPSA) is 46.9 Å². The highest BCUT2D eigenvalue weighted by Gasteiger charge is 2.12. The predicted molar refractivity (Wildman–Crippen MR) is 87.5 cm³/mol. The molecule has 0 spiro atoms. The highest BCUT2D eigenvalue weighted by atomic mass is 16.2. The lowest BCUT2D eigenvalue weighted by atomic mass is 10.1. The van der Waals surface area contributed by atoms with Crippen LogP contribution in [0.4, 0.5) is 0 Å². The molecular weight excluding hydrogens is 274 g/mol. The number of aromatic nitrogens is 2. The maximum Gasteiger partial charge on any atom is 0.240 e. The Hall–Kier alpha value is -2.62. The average molecular weight is 293 g/mol. The van der Waals surface area contributed by atoms with Gasteiger partial charge in [-0.3, -0.25) is 9.78 Å². The number of nitrogens with one attached hydrogen (secondary N) is 1. The number of nitrogens with zero attached hydrogens (tertiary/aromatic N) is 2. The molecule has 0 aliphatic carbocycles. The second-order valence-corrected chi connectivity index (χ2v) is 5.50. The van der Waals surface area contributed by atoms with E-state index in [1.807, 2.05) is 48.7 Å². The largest absolute Gasteiger partial charge is 0.348 e. The lowest BCUT2D eigenvalue weighted by Gasteiger charge is -2.15. The molecule has 1 atom stereocenters. The van der Waals surface area contributed by atoms with Gasteiger partial charge in [-0.25, -0.2) is 0 Å². The van der Waals surface area contributed by atoms with E-state index >= 15 is 0 Å². The fourth-order valence-corrected chi connectivity index (χ4v) is 2.72. The van der Waals surface area contributed by atoms with Crippen molar-refractivity contribution < 1.29 is 4.79 Å². The normalized spacial score (nSPS) is 12.3. The van der Waals surface area contributed by atoms with Crippen molar-refractivity contribution in [2.24, 2.45) is 0 Å². The number of hydrogen-bond acceptors (Lipinski definition) is 2. The standard InChI is InChI=1S/C18H19N3O/c1-13-11-16-5-3-4-6-17(16)21(13)12-18(22)20-14(2)15-7-9-19-10-8-15/h3-11,14H,12H2,1-2H3,(H,20,22)/t14-/m0/s1. The Morgan fingerprint density at radius 3 is 2.73 bits per heavy atom. The van der Waals surface area contributed by atoms with Crippen molar-refractivity contribution in [1.29, 1.82) is 0 Å². The quantitative estimate of drug-likeness (QED) is 0.803. The van der Waals surface area contributed by atoms with Crippen LogP contribution in [-0.2, 0) is 11.3 Å². The van der Waals surface area contributed by atoms with Crippen LogP contribution in [0.15, 0.2) is 54.9 Å². The fraction of sp³-hybridized carbons (Fsp3) is 0.222. The smallest absolute Gasteiger partial charge is 0.240 e. The zero-order chi connectivity index (χ0) is 15.5. The molecule has 0 aliphatic heterocycles. The van der Waals surface area contributed by atoms with Gasteiger partial charge >= 0.3 is 0 Å². The summed E-state index contributed by atoms with van der Waals surface area (Å²) in [4.78, 5) is 16.3. The molecule has 4 heteroatoms. The first-order valence-electron chi connectivity index (χ1n) is 7.39. The third-order valence-corrected chi connectivity index (χ3v) is 3.90. The summed E-state index contributed by atoms with van der Waals surface area (Å²) in [6, 6.07) is 14.0. The summed E-state index contributed by atoms with van der Waals surface area (Å²) >= 11 is 0. The van der Waals surface area contributed by atoms with Crippen molar-refractivity contribution in [3.63, 3.8) is 0 Å². The molecule has 0 unspecified atom stereocenters. The first kappa shape index (κ1) is 14.3. The molecule has 0 radical (unpaired) electrons. The average Bonchev–Trinajstić information content (AvgIpc) is 2.84. The maximum absolute atomic E-state index is 12.3. The second-order valence-electron chi connectivity index (χ2n) is 5.50. The van der Waals surface area contributed by atoms with Crippen molar-refractivity contribution in [3.05, 3.63) is 66.1 Å². The lowest BCUT2D eigenvalue weighted by Crippen LogP contribution is -2.30. The summed E-state index contributed by atoms with van der Waals surface area (Å²) in [5.41, 5.74) is 3.23. The van der Waals surface area contributed by atoms with Gasteiger partial charge in [0.1, 0.15) is 6.54 Å². The van der Waals surface area contributed by atoms with Gasteiger partial charge in [-0.1, -0.05) is 18.2 Å². The number of aryl methyl sites for hydroxylation is 1. The molecule has 112 valence electrons. The van der Waals surface area contributed by atoms with Crippen LogP contribution in [0.1, 0.15) is 24.2 Å². The van der Waals surface area contributed by atoms with Gasteiger partial charge in [0, 0.05) is 23.6 Å². The highest BCUT2D eigenvalue weighted by Crippen LogP contribution is 2.19. The molecule has 0 saturated heterocycles. The number of hydrogen-bond donors (Lipinski definition) is 1. The molecular formula is C18H19N3O. The van der Waals surface area contributed by atoms with Gasteiger partial charge in [0.2, 0.25) is 5.91 Å². The van der Waals surface area contributed by atoms with E-state index in [1.165, 1.54) is 0 Å². The van der Waals surface area contributed by atoms with Gasteiger partial charge in [-0.05, 0) is 49.1 Å². The summed E-state index contributed by atoms with van der Waals surface area (Å²) in [5.74, 6) is 0.00812. The SMILES string of the molecule is Cc1cc2ccccc2n1CC(=O)N[C@@H](C)c1ccncc1. The summed E-state index contributed by atoms with van der Waals surface area (Å²) in [7, 11) is 0. The fourth-order valence-electron chi connectivity index (χ4n) is 2.72. The summed E-state index contributed by atoms with van der Waals surface area (Å²) in [6.07, 6.45) is 3.48. The molecule has 3 rings (SSSR count). The molecule has 1 N–H and O–H groups in total. The van der Waals surface area contributed by atoms with Crippen molar-refractivity contribution in [3.8, 4) is 0 Å². The number of carbonyl (C=O) groups is 1. The van der Waals surface area contributed by atoms with Gasteiger partial charge in [0.15, 0.2) is 0 Å². The Bertz CT molecular complexity index is 792. The van der Waals surface area contributed by atoms with Crippen LogP contribution < -0.4 is 5.32 Å². The maximum atomic E-state index is 12.3. The molecule has 3 aromatic rings. The molecule has 0 saturated carbocycles. The van der Waals surface area contributed by atoms with Crippen molar-refractivity contribution >= 4 is 16.8 Å². The molecule has 22 heavy (non-hydrogen) atoms. The van der Waals surface area contributed by atoms with Crippen molar-refractivity contribution in [1.82, 2.24) is 14.9 Å². The van der Waals surface area contributed by atoms with Gasteiger partial charge in [0.25, 0.3) is 0 Å². The van der Waals surface area contributed by atoms with Crippen molar-refractivity contribution in [2.75, 3.05) is 0 Å². The third kappa shape index (κ3) is 2.86. The molecule has 4 nitrogen and oxygen atoms in total. The van der Waals surface area contributed by atoms with E-state index in [1.54, 1.807) is 12.4 Å². The lowest BCUT2D eigenvalue weighted by molar-refractivity contribution is -0.122. The Kier molecular flexibility index (Phi) is 3.92. The Labute approximate surface area is 129 Å². The van der Waals surface area contributed by atoms with Gasteiger partial charge in [-0.2, -0.15) is 0 Å². The zero-order valence-corrected chi connectivity index (χ0v) is 12.8. The number of amides is 1. The third-order valence-electron chi connectivity index (χ3n) is 3.90. The zero-order valence-electron chi connectivity index (χ0n) is 12.8. The van der Waals surface area contributed by atoms with Gasteiger partial charge in [-0.15, -0.1) is 0 Å². The summed E-state index contributed by atoms with van der Waals surface area (Å²) < 4.78 is 2.05. The van der Waals surface area contributed by atoms with Crippen LogP contribution in [0.2, 0.25) is 0 Å². The van der Waals surface area contributed by atoms with Crippen LogP contribution in [-0.4, -0.2) is 15.5 Å². The van der Waals surface area contributed by atoms with Crippen LogP contribution in [0.3, 0.4) is 0 Å².